The summed E-state index contributed by atoms with van der Waals surface area (Å²) in [5.74, 6) is 5.80. The van der Waals surface area contributed by atoms with E-state index in [1.807, 2.05) is 0 Å². The van der Waals surface area contributed by atoms with Gasteiger partial charge >= 0.3 is 0 Å². The fourth-order valence-corrected chi connectivity index (χ4v) is 12.0. The normalized spacial score (nSPS) is 37.7. The predicted octanol–water partition coefficient (Wildman–Crippen LogP) is 12.2. The molecule has 0 saturated heterocycles. The molecule has 0 heterocycles. The van der Waals surface area contributed by atoms with Crippen molar-refractivity contribution in [2.75, 3.05) is 10.6 Å². The van der Waals surface area contributed by atoms with Crippen molar-refractivity contribution in [3.63, 3.8) is 0 Å². The van der Waals surface area contributed by atoms with Gasteiger partial charge in [-0.3, -0.25) is 0 Å². The molecule has 0 aromatic heterocycles. The van der Waals surface area contributed by atoms with Crippen LogP contribution in [0.5, 0.6) is 0 Å². The summed E-state index contributed by atoms with van der Waals surface area (Å²) in [5.41, 5.74) is 3.51. The molecule has 4 fully saturated rings. The minimum absolute atomic E-state index is 0.456. The smallest absolute Gasteiger partial charge is 0.0353 e. The van der Waals surface area contributed by atoms with Crippen LogP contribution in [0.2, 0.25) is 0 Å². The Bertz CT molecular complexity index is 1250. The third kappa shape index (κ3) is 6.49. The molecule has 0 amide bonds. The van der Waals surface area contributed by atoms with E-state index in [1.165, 1.54) is 86.5 Å². The molecule has 10 atom stereocenters. The Morgan fingerprint density at radius 2 is 1.42 bits per heavy atom. The van der Waals surface area contributed by atoms with Crippen molar-refractivity contribution in [1.82, 2.24) is 0 Å². The molecule has 4 heteroatoms. The maximum Gasteiger partial charge on any atom is 0.0353 e. The maximum atomic E-state index is 4.21. The number of rotatable bonds is 9. The van der Waals surface area contributed by atoms with Crippen LogP contribution in [0.3, 0.4) is 0 Å². The van der Waals surface area contributed by atoms with Gasteiger partial charge in [0.2, 0.25) is 0 Å². The highest BCUT2D eigenvalue weighted by Crippen LogP contribution is 2.68. The second-order valence-electron chi connectivity index (χ2n) is 16.1. The number of anilines is 2. The SMILES string of the molecule is CC(C)CCC[C@@H](C)[C@H]1CC[C@H]2[C@@H]3[C@H](Nc4cccc(Br)c4)C[C@H]4C[C@H](Nc5cccc(Br)c5)CC[C@]4(C)[C@H]3CC[C@]12C. The fourth-order valence-electron chi connectivity index (χ4n) is 11.2. The summed E-state index contributed by atoms with van der Waals surface area (Å²) < 4.78 is 2.33. The Hall–Kier alpha value is -1.00. The quantitative estimate of drug-likeness (QED) is 0.270. The highest BCUT2D eigenvalue weighted by atomic mass is 79.9. The first kappa shape index (κ1) is 32.0. The van der Waals surface area contributed by atoms with Crippen molar-refractivity contribution in [1.29, 1.82) is 0 Å². The lowest BCUT2D eigenvalue weighted by Gasteiger charge is -2.63. The second kappa shape index (κ2) is 13.0. The van der Waals surface area contributed by atoms with E-state index in [0.29, 0.717) is 22.9 Å². The van der Waals surface area contributed by atoms with Crippen LogP contribution in [0.4, 0.5) is 11.4 Å². The van der Waals surface area contributed by atoms with Gasteiger partial charge in [-0.1, -0.05) is 97.9 Å². The van der Waals surface area contributed by atoms with Gasteiger partial charge in [0, 0.05) is 32.4 Å². The van der Waals surface area contributed by atoms with Gasteiger partial charge in [0.05, 0.1) is 0 Å². The summed E-state index contributed by atoms with van der Waals surface area (Å²) in [6.07, 6.45) is 15.3. The summed E-state index contributed by atoms with van der Waals surface area (Å²) in [7, 11) is 0. The number of benzene rings is 2. The molecule has 0 radical (unpaired) electrons. The molecule has 2 N–H and O–H groups in total. The van der Waals surface area contributed by atoms with Gasteiger partial charge in [0.15, 0.2) is 0 Å². The molecule has 2 aromatic carbocycles. The molecule has 6 rings (SSSR count). The van der Waals surface area contributed by atoms with E-state index in [4.69, 9.17) is 0 Å². The predicted molar refractivity (Wildman–Crippen MR) is 192 cm³/mol. The zero-order valence-corrected chi connectivity index (χ0v) is 30.5. The Kier molecular flexibility index (Phi) is 9.67. The number of nitrogens with one attached hydrogen (secondary N) is 2. The molecule has 4 aliphatic carbocycles. The first-order valence-corrected chi connectivity index (χ1v) is 19.2. The third-order valence-electron chi connectivity index (χ3n) is 13.3. The average molecular weight is 713 g/mol. The molecule has 0 bridgehead atoms. The van der Waals surface area contributed by atoms with Gasteiger partial charge in [-0.15, -0.1) is 0 Å². The lowest BCUT2D eigenvalue weighted by atomic mass is 9.43. The van der Waals surface area contributed by atoms with Crippen molar-refractivity contribution in [3.05, 3.63) is 57.5 Å². The average Bonchev–Trinajstić information content (AvgIpc) is 3.31. The molecule has 4 aliphatic rings. The van der Waals surface area contributed by atoms with E-state index >= 15 is 0 Å². The van der Waals surface area contributed by atoms with Gasteiger partial charge in [-0.25, -0.2) is 0 Å². The zero-order chi connectivity index (χ0) is 30.4. The minimum atomic E-state index is 0.456. The molecule has 2 aromatic rings. The number of hydrogen-bond donors (Lipinski definition) is 2. The van der Waals surface area contributed by atoms with Crippen LogP contribution in [-0.2, 0) is 0 Å². The molecule has 0 spiro atoms. The molecular formula is C39H56Br2N2. The molecule has 4 saturated carbocycles. The van der Waals surface area contributed by atoms with Crippen molar-refractivity contribution >= 4 is 43.2 Å². The van der Waals surface area contributed by atoms with Gasteiger partial charge in [-0.05, 0) is 140 Å². The van der Waals surface area contributed by atoms with Crippen molar-refractivity contribution in [2.45, 2.75) is 117 Å². The molecule has 0 aliphatic heterocycles. The van der Waals surface area contributed by atoms with Crippen LogP contribution >= 0.6 is 31.9 Å². The monoisotopic (exact) mass is 710 g/mol. The third-order valence-corrected chi connectivity index (χ3v) is 14.3. The van der Waals surface area contributed by atoms with Crippen molar-refractivity contribution in [2.24, 2.45) is 52.3 Å². The summed E-state index contributed by atoms with van der Waals surface area (Å²) >= 11 is 7.44. The first-order valence-electron chi connectivity index (χ1n) is 17.6. The minimum Gasteiger partial charge on any atom is -0.382 e. The van der Waals surface area contributed by atoms with Crippen LogP contribution in [0, 0.1) is 52.3 Å². The van der Waals surface area contributed by atoms with Crippen LogP contribution in [-0.4, -0.2) is 12.1 Å². The lowest BCUT2D eigenvalue weighted by molar-refractivity contribution is -0.120. The fraction of sp³-hybridized carbons (Fsp3) is 0.692. The molecule has 2 nitrogen and oxygen atoms in total. The Labute approximate surface area is 279 Å². The van der Waals surface area contributed by atoms with E-state index < -0.39 is 0 Å². The maximum absolute atomic E-state index is 4.21. The van der Waals surface area contributed by atoms with Crippen LogP contribution in [0.15, 0.2) is 57.5 Å². The lowest BCUT2D eigenvalue weighted by Crippen LogP contribution is -2.60. The second-order valence-corrected chi connectivity index (χ2v) is 18.0. The van der Waals surface area contributed by atoms with E-state index in [9.17, 15) is 0 Å². The highest BCUT2D eigenvalue weighted by Gasteiger charge is 2.63. The standard InChI is InChI=1S/C39H56Br2N2/c1-25(2)9-6-10-26(3)33-15-16-34-37-35(18-20-39(33,34)5)38(4)19-17-32(42-30-13-7-11-28(40)23-30)21-27(38)22-36(37)43-31-14-8-12-29(41)24-31/h7-8,11-14,23-27,32-37,42-43H,6,9-10,15-22H2,1-5H3/t26-,27-,32-,33-,34+,35+,36-,37+,38+,39-/m1/s1. The summed E-state index contributed by atoms with van der Waals surface area (Å²) in [5, 5.41) is 8.15. The Balaban J connectivity index is 1.26. The summed E-state index contributed by atoms with van der Waals surface area (Å²) in [6, 6.07) is 18.8. The van der Waals surface area contributed by atoms with Crippen molar-refractivity contribution in [3.8, 4) is 0 Å². The van der Waals surface area contributed by atoms with Gasteiger partial charge in [0.25, 0.3) is 0 Å². The van der Waals surface area contributed by atoms with Gasteiger partial charge in [-0.2, -0.15) is 0 Å². The van der Waals surface area contributed by atoms with E-state index in [2.05, 4.69) is 126 Å². The van der Waals surface area contributed by atoms with Crippen LogP contribution in [0.1, 0.15) is 105 Å². The number of hydrogen-bond acceptors (Lipinski definition) is 2. The van der Waals surface area contributed by atoms with Crippen LogP contribution in [0.25, 0.3) is 0 Å². The molecule has 0 unspecified atom stereocenters. The Morgan fingerprint density at radius 1 is 0.767 bits per heavy atom. The molecule has 43 heavy (non-hydrogen) atoms. The first-order chi connectivity index (χ1) is 20.6. The van der Waals surface area contributed by atoms with E-state index in [1.54, 1.807) is 0 Å². The number of halogens is 2. The van der Waals surface area contributed by atoms with E-state index in [-0.39, 0.29) is 0 Å². The molecule has 236 valence electrons. The van der Waals surface area contributed by atoms with Crippen LogP contribution < -0.4 is 10.6 Å². The largest absolute Gasteiger partial charge is 0.382 e. The summed E-state index contributed by atoms with van der Waals surface area (Å²) in [6.45, 7) is 12.9. The van der Waals surface area contributed by atoms with Crippen molar-refractivity contribution < 1.29 is 0 Å². The zero-order valence-electron chi connectivity index (χ0n) is 27.3. The van der Waals surface area contributed by atoms with E-state index in [0.717, 1.165) is 45.9 Å². The van der Waals surface area contributed by atoms with Gasteiger partial charge in [0.1, 0.15) is 0 Å². The highest BCUT2D eigenvalue weighted by molar-refractivity contribution is 9.10. The molecular weight excluding hydrogens is 656 g/mol. The van der Waals surface area contributed by atoms with Gasteiger partial charge < -0.3 is 10.6 Å². The Morgan fingerprint density at radius 3 is 2.09 bits per heavy atom. The topological polar surface area (TPSA) is 24.1 Å². The number of fused-ring (bicyclic) bond motifs is 5. The summed E-state index contributed by atoms with van der Waals surface area (Å²) in [4.78, 5) is 0.